The van der Waals surface area contributed by atoms with E-state index in [2.05, 4.69) is 36.7 Å². The second-order valence-electron chi connectivity index (χ2n) is 11.1. The summed E-state index contributed by atoms with van der Waals surface area (Å²) in [7, 11) is 0. The maximum atomic E-state index is 11.8. The summed E-state index contributed by atoms with van der Waals surface area (Å²) in [5.41, 5.74) is 1.76. The normalized spacial score (nSPS) is 10.0. The molecule has 0 radical (unpaired) electrons. The number of Topliss-reactive ketones (excluding diaryl/α,β-unsaturated/α-hetero) is 3. The van der Waals surface area contributed by atoms with E-state index in [4.69, 9.17) is 5.11 Å². The molecule has 0 aromatic heterocycles. The van der Waals surface area contributed by atoms with Crippen LogP contribution in [0.25, 0.3) is 0 Å². The molecule has 0 aliphatic carbocycles. The second kappa shape index (κ2) is 28.1. The van der Waals surface area contributed by atoms with Gasteiger partial charge in [0, 0.05) is 38.9 Å². The molecule has 4 N–H and O–H groups in total. The van der Waals surface area contributed by atoms with Crippen LogP contribution in [0, 0.1) is 0 Å². The molecule has 0 fully saturated rings. The SMILES string of the molecule is CC(=O)C(=O)NCCO.CCCC(CCC)NC(=O)C(=O)Cc1ccccc1.CCCCCCCNC(=O)C(=O)Cc1ccccc1. The lowest BCUT2D eigenvalue weighted by molar-refractivity contribution is -0.138. The third-order valence-electron chi connectivity index (χ3n) is 6.81. The molecule has 0 spiro atoms. The van der Waals surface area contributed by atoms with E-state index in [1.165, 1.54) is 26.2 Å². The van der Waals surface area contributed by atoms with Crippen LogP contribution < -0.4 is 16.0 Å². The van der Waals surface area contributed by atoms with E-state index in [0.29, 0.717) is 6.54 Å². The quantitative estimate of drug-likeness (QED) is 0.121. The number of aliphatic hydroxyl groups is 1. The summed E-state index contributed by atoms with van der Waals surface area (Å²) in [6, 6.07) is 18.8. The lowest BCUT2D eigenvalue weighted by atomic mass is 10.1. The van der Waals surface area contributed by atoms with Gasteiger partial charge in [-0.2, -0.15) is 0 Å². The molecule has 3 amide bonds. The standard InChI is InChI=1S/2C16H23NO2.C5H9NO3/c1-3-8-14(9-4-2)17-16(19)15(18)12-13-10-6-5-7-11-13;1-2-3-4-5-9-12-17-16(19)15(18)13-14-10-7-6-8-11-14;1-4(8)5(9)6-2-3-7/h5-7,10-11,14H,3-4,8-9,12H2,1-2H3,(H,17,19);6-8,10-11H,2-5,9,12-13H2,1H3,(H,17,19);7H,2-3H2,1H3,(H,6,9). The Morgan fingerprint density at radius 2 is 1.06 bits per heavy atom. The Kier molecular flexibility index (Phi) is 25.6. The highest BCUT2D eigenvalue weighted by Crippen LogP contribution is 2.06. The van der Waals surface area contributed by atoms with Gasteiger partial charge in [0.2, 0.25) is 17.3 Å². The van der Waals surface area contributed by atoms with Gasteiger partial charge in [0.25, 0.3) is 17.7 Å². The van der Waals surface area contributed by atoms with Crippen LogP contribution >= 0.6 is 0 Å². The number of benzene rings is 2. The van der Waals surface area contributed by atoms with Crippen molar-refractivity contribution in [1.82, 2.24) is 16.0 Å². The summed E-state index contributed by atoms with van der Waals surface area (Å²) in [5, 5.41) is 15.9. The van der Waals surface area contributed by atoms with Crippen LogP contribution in [0.1, 0.15) is 96.6 Å². The van der Waals surface area contributed by atoms with Crippen LogP contribution in [0.5, 0.6) is 0 Å². The zero-order chi connectivity index (χ0) is 35.3. The van der Waals surface area contributed by atoms with E-state index in [1.54, 1.807) is 0 Å². The summed E-state index contributed by atoms with van der Waals surface area (Å²) in [5.74, 6) is -2.81. The van der Waals surface area contributed by atoms with E-state index in [9.17, 15) is 28.8 Å². The van der Waals surface area contributed by atoms with Crippen molar-refractivity contribution in [2.75, 3.05) is 19.7 Å². The predicted octanol–water partition coefficient (Wildman–Crippen LogP) is 4.45. The fraction of sp³-hybridized carbons (Fsp3) is 0.514. The molecule has 0 heterocycles. The van der Waals surface area contributed by atoms with Crippen LogP contribution in [0.3, 0.4) is 0 Å². The lowest BCUT2D eigenvalue weighted by Gasteiger charge is -2.16. The average molecular weight is 654 g/mol. The molecule has 2 rings (SSSR count). The zero-order valence-electron chi connectivity index (χ0n) is 28.6. The first-order valence-corrected chi connectivity index (χ1v) is 16.7. The van der Waals surface area contributed by atoms with Crippen molar-refractivity contribution in [2.45, 2.75) is 104 Å². The molecule has 0 unspecified atom stereocenters. The lowest BCUT2D eigenvalue weighted by Crippen LogP contribution is -2.39. The zero-order valence-corrected chi connectivity index (χ0v) is 28.6. The molecular formula is C37H55N3O7. The van der Waals surface area contributed by atoms with Crippen molar-refractivity contribution in [2.24, 2.45) is 0 Å². The molecule has 0 saturated carbocycles. The number of carbonyl (C=O) groups is 6. The summed E-state index contributed by atoms with van der Waals surface area (Å²) < 4.78 is 0. The Labute approximate surface area is 280 Å². The number of carbonyl (C=O) groups excluding carboxylic acids is 6. The van der Waals surface area contributed by atoms with E-state index < -0.39 is 23.5 Å². The predicted molar refractivity (Wildman–Crippen MR) is 185 cm³/mol. The number of unbranched alkanes of at least 4 members (excludes halogenated alkanes) is 4. The van der Waals surface area contributed by atoms with E-state index in [0.717, 1.165) is 49.7 Å². The van der Waals surface area contributed by atoms with Crippen molar-refractivity contribution in [3.63, 3.8) is 0 Å². The highest BCUT2D eigenvalue weighted by Gasteiger charge is 2.18. The number of ketones is 3. The largest absolute Gasteiger partial charge is 0.395 e. The van der Waals surface area contributed by atoms with Crippen molar-refractivity contribution in [3.8, 4) is 0 Å². The molecule has 0 aliphatic rings. The van der Waals surface area contributed by atoms with Crippen molar-refractivity contribution < 1.29 is 33.9 Å². The summed E-state index contributed by atoms with van der Waals surface area (Å²) >= 11 is 0. The molecule has 260 valence electrons. The number of hydrogen-bond acceptors (Lipinski definition) is 7. The molecule has 0 atom stereocenters. The van der Waals surface area contributed by atoms with Gasteiger partial charge in [0.05, 0.1) is 6.61 Å². The molecule has 2 aromatic rings. The van der Waals surface area contributed by atoms with Crippen molar-refractivity contribution in [3.05, 3.63) is 71.8 Å². The monoisotopic (exact) mass is 653 g/mol. The van der Waals surface area contributed by atoms with Gasteiger partial charge in [-0.25, -0.2) is 0 Å². The average Bonchev–Trinajstić information content (AvgIpc) is 3.06. The summed E-state index contributed by atoms with van der Waals surface area (Å²) in [6.07, 6.45) is 9.95. The molecule has 0 saturated heterocycles. The number of aliphatic hydroxyl groups excluding tert-OH is 1. The minimum atomic E-state index is -0.649. The van der Waals surface area contributed by atoms with Gasteiger partial charge in [-0.15, -0.1) is 0 Å². The number of nitrogens with one attached hydrogen (secondary N) is 3. The topological polar surface area (TPSA) is 159 Å². The molecule has 0 aliphatic heterocycles. The fourth-order valence-corrected chi connectivity index (χ4v) is 4.30. The molecule has 47 heavy (non-hydrogen) atoms. The van der Waals surface area contributed by atoms with Crippen LogP contribution in [0.15, 0.2) is 60.7 Å². The van der Waals surface area contributed by atoms with Gasteiger partial charge < -0.3 is 21.1 Å². The third kappa shape index (κ3) is 22.9. The molecule has 2 aromatic carbocycles. The maximum Gasteiger partial charge on any atom is 0.287 e. The smallest absolute Gasteiger partial charge is 0.287 e. The first-order chi connectivity index (χ1) is 22.6. The molecule has 10 heteroatoms. The van der Waals surface area contributed by atoms with Crippen LogP contribution in [-0.4, -0.2) is 65.9 Å². The number of amides is 3. The van der Waals surface area contributed by atoms with Crippen LogP contribution in [-0.2, 0) is 41.6 Å². The minimum Gasteiger partial charge on any atom is -0.395 e. The first kappa shape index (κ1) is 42.8. The van der Waals surface area contributed by atoms with Crippen molar-refractivity contribution >= 4 is 35.1 Å². The Bertz CT molecular complexity index is 1180. The summed E-state index contributed by atoms with van der Waals surface area (Å²) in [6.45, 7) is 8.11. The molecular weight excluding hydrogens is 598 g/mol. The number of rotatable bonds is 20. The Hall–Kier alpha value is -4.18. The van der Waals surface area contributed by atoms with Crippen molar-refractivity contribution in [1.29, 1.82) is 0 Å². The molecule has 0 bridgehead atoms. The Morgan fingerprint density at radius 1 is 0.596 bits per heavy atom. The van der Waals surface area contributed by atoms with E-state index >= 15 is 0 Å². The first-order valence-electron chi connectivity index (χ1n) is 16.7. The number of hydrogen-bond donors (Lipinski definition) is 4. The van der Waals surface area contributed by atoms with E-state index in [-0.39, 0.29) is 43.6 Å². The fourth-order valence-electron chi connectivity index (χ4n) is 4.30. The molecule has 10 nitrogen and oxygen atoms in total. The maximum absolute atomic E-state index is 11.8. The summed E-state index contributed by atoms with van der Waals surface area (Å²) in [4.78, 5) is 67.4. The highest BCUT2D eigenvalue weighted by molar-refractivity contribution is 6.37. The van der Waals surface area contributed by atoms with E-state index in [1.807, 2.05) is 60.7 Å². The minimum absolute atomic E-state index is 0.127. The van der Waals surface area contributed by atoms with Gasteiger partial charge in [0.1, 0.15) is 0 Å². The van der Waals surface area contributed by atoms with Gasteiger partial charge in [-0.1, -0.05) is 120 Å². The van der Waals surface area contributed by atoms with Crippen LogP contribution in [0.2, 0.25) is 0 Å². The Morgan fingerprint density at radius 3 is 1.51 bits per heavy atom. The van der Waals surface area contributed by atoms with Crippen LogP contribution in [0.4, 0.5) is 0 Å². The van der Waals surface area contributed by atoms with Gasteiger partial charge in [-0.3, -0.25) is 28.8 Å². The second-order valence-corrected chi connectivity index (χ2v) is 11.1. The van der Waals surface area contributed by atoms with Gasteiger partial charge in [-0.05, 0) is 30.4 Å². The Balaban J connectivity index is 0.000000721. The third-order valence-corrected chi connectivity index (χ3v) is 6.81. The van der Waals surface area contributed by atoms with Gasteiger partial charge >= 0.3 is 0 Å². The van der Waals surface area contributed by atoms with Gasteiger partial charge in [0.15, 0.2) is 0 Å². The highest BCUT2D eigenvalue weighted by atomic mass is 16.3.